The smallest absolute Gasteiger partial charge is 0.253 e. The maximum atomic E-state index is 11.9. The van der Waals surface area contributed by atoms with Gasteiger partial charge >= 0.3 is 0 Å². The second-order valence-corrected chi connectivity index (χ2v) is 4.25. The minimum atomic E-state index is -0.289. The van der Waals surface area contributed by atoms with Gasteiger partial charge in [0.2, 0.25) is 0 Å². The molecule has 17 heavy (non-hydrogen) atoms. The second kappa shape index (κ2) is 4.63. The summed E-state index contributed by atoms with van der Waals surface area (Å²) in [6, 6.07) is 5.01. The van der Waals surface area contributed by atoms with Crippen molar-refractivity contribution in [3.8, 4) is 5.75 Å². The van der Waals surface area contributed by atoms with Crippen molar-refractivity contribution >= 4 is 11.6 Å². The van der Waals surface area contributed by atoms with E-state index in [2.05, 4.69) is 5.32 Å². The van der Waals surface area contributed by atoms with Crippen molar-refractivity contribution in [2.75, 3.05) is 12.8 Å². The van der Waals surface area contributed by atoms with E-state index in [1.165, 1.54) is 7.11 Å². The number of rotatable bonds is 3. The number of carbonyl (C=O) groups excluding carboxylic acids is 1. The molecule has 4 N–H and O–H groups in total. The molecule has 0 radical (unpaired) electrons. The number of aliphatic hydroxyl groups excluding tert-OH is 1. The molecule has 2 rings (SSSR count). The van der Waals surface area contributed by atoms with Crippen molar-refractivity contribution in [2.24, 2.45) is 0 Å². The van der Waals surface area contributed by atoms with Crippen molar-refractivity contribution in [1.29, 1.82) is 0 Å². The predicted octanol–water partition coefficient (Wildman–Crippen LogP) is 0.530. The van der Waals surface area contributed by atoms with Gasteiger partial charge in [-0.05, 0) is 31.0 Å². The molecule has 92 valence electrons. The Kier molecular flexibility index (Phi) is 3.19. The normalized spacial score (nSPS) is 22.7. The van der Waals surface area contributed by atoms with Crippen LogP contribution in [0.2, 0.25) is 0 Å². The largest absolute Gasteiger partial charge is 0.497 e. The van der Waals surface area contributed by atoms with E-state index < -0.39 is 0 Å². The molecule has 0 saturated heterocycles. The van der Waals surface area contributed by atoms with Crippen LogP contribution in [-0.4, -0.2) is 30.3 Å². The fourth-order valence-electron chi connectivity index (χ4n) is 1.83. The van der Waals surface area contributed by atoms with Gasteiger partial charge in [0, 0.05) is 11.7 Å². The summed E-state index contributed by atoms with van der Waals surface area (Å²) < 4.78 is 5.05. The third-order valence-electron chi connectivity index (χ3n) is 2.95. The molecule has 0 aromatic heterocycles. The van der Waals surface area contributed by atoms with E-state index in [-0.39, 0.29) is 18.1 Å². The van der Waals surface area contributed by atoms with Crippen LogP contribution in [0.15, 0.2) is 18.2 Å². The molecule has 5 nitrogen and oxygen atoms in total. The summed E-state index contributed by atoms with van der Waals surface area (Å²) in [4.78, 5) is 11.9. The number of hydrogen-bond donors (Lipinski definition) is 3. The SMILES string of the molecule is COc1ccc(N)c(C(=O)NC2CC(O)C2)c1. The molecule has 0 heterocycles. The molecule has 1 aromatic rings. The lowest BCUT2D eigenvalue weighted by atomic mass is 9.89. The molecule has 0 atom stereocenters. The number of carbonyl (C=O) groups is 1. The lowest BCUT2D eigenvalue weighted by Crippen LogP contribution is -2.46. The number of hydrogen-bond acceptors (Lipinski definition) is 4. The number of aliphatic hydroxyl groups is 1. The van der Waals surface area contributed by atoms with Crippen LogP contribution >= 0.6 is 0 Å². The van der Waals surface area contributed by atoms with Gasteiger partial charge in [0.25, 0.3) is 5.91 Å². The first kappa shape index (κ1) is 11.7. The Hall–Kier alpha value is -1.75. The summed E-state index contributed by atoms with van der Waals surface area (Å²) in [6.07, 6.45) is 0.925. The summed E-state index contributed by atoms with van der Waals surface area (Å²) >= 11 is 0. The molecule has 1 amide bonds. The van der Waals surface area contributed by atoms with Gasteiger partial charge in [0.1, 0.15) is 5.75 Å². The monoisotopic (exact) mass is 236 g/mol. The number of amides is 1. The van der Waals surface area contributed by atoms with Crippen molar-refractivity contribution < 1.29 is 14.6 Å². The Morgan fingerprint density at radius 2 is 2.24 bits per heavy atom. The maximum Gasteiger partial charge on any atom is 0.253 e. The van der Waals surface area contributed by atoms with Crippen LogP contribution in [0.4, 0.5) is 5.69 Å². The molecule has 0 aliphatic heterocycles. The van der Waals surface area contributed by atoms with Crippen LogP contribution in [0.5, 0.6) is 5.75 Å². The fourth-order valence-corrected chi connectivity index (χ4v) is 1.83. The van der Waals surface area contributed by atoms with Crippen LogP contribution in [-0.2, 0) is 0 Å². The first-order valence-electron chi connectivity index (χ1n) is 5.52. The summed E-state index contributed by atoms with van der Waals surface area (Å²) in [5.41, 5.74) is 6.57. The van der Waals surface area contributed by atoms with Crippen LogP contribution < -0.4 is 15.8 Å². The van der Waals surface area contributed by atoms with E-state index in [4.69, 9.17) is 15.6 Å². The zero-order valence-corrected chi connectivity index (χ0v) is 9.64. The molecular formula is C12H16N2O3. The average molecular weight is 236 g/mol. The Morgan fingerprint density at radius 1 is 1.53 bits per heavy atom. The number of nitrogen functional groups attached to an aromatic ring is 1. The summed E-state index contributed by atoms with van der Waals surface area (Å²) in [5, 5.41) is 12.0. The van der Waals surface area contributed by atoms with Crippen LogP contribution in [0, 0.1) is 0 Å². The van der Waals surface area contributed by atoms with Crippen molar-refractivity contribution in [3.63, 3.8) is 0 Å². The summed E-state index contributed by atoms with van der Waals surface area (Å²) in [5.74, 6) is 0.372. The molecule has 1 aromatic carbocycles. The topological polar surface area (TPSA) is 84.6 Å². The minimum absolute atomic E-state index is 0.0445. The lowest BCUT2D eigenvalue weighted by Gasteiger charge is -2.32. The Labute approximate surface area is 99.6 Å². The van der Waals surface area contributed by atoms with E-state index in [1.807, 2.05) is 0 Å². The number of ether oxygens (including phenoxy) is 1. The molecule has 1 fully saturated rings. The molecule has 0 bridgehead atoms. The van der Waals surface area contributed by atoms with Crippen molar-refractivity contribution in [2.45, 2.75) is 25.0 Å². The lowest BCUT2D eigenvalue weighted by molar-refractivity contribution is 0.0563. The van der Waals surface area contributed by atoms with E-state index >= 15 is 0 Å². The standard InChI is InChI=1S/C12H16N2O3/c1-17-9-2-3-11(13)10(6-9)12(16)14-7-4-8(15)5-7/h2-3,6-8,15H,4-5,13H2,1H3,(H,14,16). The van der Waals surface area contributed by atoms with Crippen LogP contribution in [0.3, 0.4) is 0 Å². The molecule has 0 spiro atoms. The van der Waals surface area contributed by atoms with Gasteiger partial charge in [0.15, 0.2) is 0 Å². The molecule has 5 heteroatoms. The number of methoxy groups -OCH3 is 1. The Morgan fingerprint density at radius 3 is 2.82 bits per heavy atom. The number of nitrogens with one attached hydrogen (secondary N) is 1. The second-order valence-electron chi connectivity index (χ2n) is 4.25. The Balaban J connectivity index is 2.07. The molecule has 1 aliphatic carbocycles. The highest BCUT2D eigenvalue weighted by atomic mass is 16.5. The highest BCUT2D eigenvalue weighted by Crippen LogP contribution is 2.22. The van der Waals surface area contributed by atoms with E-state index in [1.54, 1.807) is 18.2 Å². The highest BCUT2D eigenvalue weighted by Gasteiger charge is 2.29. The maximum absolute atomic E-state index is 11.9. The number of anilines is 1. The fraction of sp³-hybridized carbons (Fsp3) is 0.417. The molecular weight excluding hydrogens is 220 g/mol. The minimum Gasteiger partial charge on any atom is -0.497 e. The number of nitrogens with two attached hydrogens (primary N) is 1. The average Bonchev–Trinajstić information content (AvgIpc) is 2.27. The van der Waals surface area contributed by atoms with E-state index in [9.17, 15) is 4.79 Å². The third kappa shape index (κ3) is 2.50. The Bertz CT molecular complexity index is 428. The highest BCUT2D eigenvalue weighted by molar-refractivity contribution is 5.99. The zero-order valence-electron chi connectivity index (χ0n) is 9.64. The first-order chi connectivity index (χ1) is 8.10. The van der Waals surface area contributed by atoms with Gasteiger partial charge in [-0.3, -0.25) is 4.79 Å². The van der Waals surface area contributed by atoms with Crippen LogP contribution in [0.1, 0.15) is 23.2 Å². The van der Waals surface area contributed by atoms with E-state index in [0.717, 1.165) is 0 Å². The number of benzene rings is 1. The summed E-state index contributed by atoms with van der Waals surface area (Å²) in [6.45, 7) is 0. The summed E-state index contributed by atoms with van der Waals surface area (Å²) in [7, 11) is 1.54. The van der Waals surface area contributed by atoms with Gasteiger partial charge in [-0.1, -0.05) is 0 Å². The third-order valence-corrected chi connectivity index (χ3v) is 2.95. The van der Waals surface area contributed by atoms with Gasteiger partial charge in [-0.25, -0.2) is 0 Å². The van der Waals surface area contributed by atoms with Crippen molar-refractivity contribution in [3.05, 3.63) is 23.8 Å². The zero-order chi connectivity index (χ0) is 12.4. The molecule has 1 aliphatic rings. The van der Waals surface area contributed by atoms with Gasteiger partial charge < -0.3 is 20.9 Å². The van der Waals surface area contributed by atoms with Gasteiger partial charge in [-0.15, -0.1) is 0 Å². The van der Waals surface area contributed by atoms with Gasteiger partial charge in [-0.2, -0.15) is 0 Å². The quantitative estimate of drug-likeness (QED) is 0.668. The van der Waals surface area contributed by atoms with Crippen molar-refractivity contribution in [1.82, 2.24) is 5.32 Å². The predicted molar refractivity (Wildman–Crippen MR) is 63.9 cm³/mol. The van der Waals surface area contributed by atoms with Gasteiger partial charge in [0.05, 0.1) is 18.8 Å². The molecule has 0 unspecified atom stereocenters. The van der Waals surface area contributed by atoms with Crippen LogP contribution in [0.25, 0.3) is 0 Å². The molecule has 1 saturated carbocycles. The first-order valence-corrected chi connectivity index (χ1v) is 5.52. The van der Waals surface area contributed by atoms with E-state index in [0.29, 0.717) is 29.8 Å².